The molecular weight excluding hydrogens is 448 g/mol. The maximum absolute atomic E-state index is 13.6. The van der Waals surface area contributed by atoms with Gasteiger partial charge in [0.1, 0.15) is 11.9 Å². The van der Waals surface area contributed by atoms with Crippen LogP contribution in [0, 0.1) is 11.6 Å². The molecule has 5 rings (SSSR count). The second kappa shape index (κ2) is 8.43. The molecule has 0 N–H and O–H groups in total. The average molecular weight is 464 g/mol. The highest BCUT2D eigenvalue weighted by molar-refractivity contribution is 5.99. The van der Waals surface area contributed by atoms with Crippen molar-refractivity contribution >= 4 is 5.91 Å². The van der Waals surface area contributed by atoms with E-state index in [1.165, 1.54) is 23.2 Å². The van der Waals surface area contributed by atoms with Crippen LogP contribution in [0.1, 0.15) is 34.8 Å². The highest BCUT2D eigenvalue weighted by Crippen LogP contribution is 2.31. The molecule has 2 aliphatic heterocycles. The Labute approximate surface area is 184 Å². The number of amides is 1. The first-order valence-corrected chi connectivity index (χ1v) is 10.0. The predicted octanol–water partition coefficient (Wildman–Crippen LogP) is 3.54. The summed E-state index contributed by atoms with van der Waals surface area (Å²) in [6.07, 6.45) is -1.64. The van der Waals surface area contributed by atoms with Crippen molar-refractivity contribution in [1.82, 2.24) is 20.1 Å². The van der Waals surface area contributed by atoms with Crippen LogP contribution in [0.15, 0.2) is 34.9 Å². The number of hydrogen-bond donors (Lipinski definition) is 0. The third kappa shape index (κ3) is 4.01. The van der Waals surface area contributed by atoms with Crippen LogP contribution in [-0.2, 0) is 11.3 Å². The number of aromatic nitrogens is 3. The van der Waals surface area contributed by atoms with Gasteiger partial charge in [0.05, 0.1) is 42.6 Å². The van der Waals surface area contributed by atoms with Crippen LogP contribution in [-0.4, -0.2) is 51.3 Å². The van der Waals surface area contributed by atoms with Gasteiger partial charge in [-0.2, -0.15) is 8.78 Å². The molecule has 0 spiro atoms. The van der Waals surface area contributed by atoms with Crippen LogP contribution in [0.2, 0.25) is 0 Å². The van der Waals surface area contributed by atoms with Gasteiger partial charge in [0.25, 0.3) is 11.8 Å². The van der Waals surface area contributed by atoms with Crippen LogP contribution in [0.5, 0.6) is 5.75 Å². The number of pyridine rings is 1. The van der Waals surface area contributed by atoms with Crippen molar-refractivity contribution in [1.29, 1.82) is 0 Å². The molecule has 1 fully saturated rings. The van der Waals surface area contributed by atoms with E-state index in [0.29, 0.717) is 18.7 Å². The van der Waals surface area contributed by atoms with E-state index < -0.39 is 36.1 Å². The van der Waals surface area contributed by atoms with Crippen molar-refractivity contribution in [3.63, 3.8) is 0 Å². The standard InChI is InChI=1S/C21H16F4N4O4/c22-13-2-1-11(6-14(13)23)32-17-3-4-31-9-16(17)29-8-15-12(21(29)30)5-10(7-26-15)19-27-28-20(33-19)18(24)25/h1-2,5-7,16-18H,3-4,8-9H2. The van der Waals surface area contributed by atoms with Crippen LogP contribution < -0.4 is 4.74 Å². The Bertz CT molecular complexity index is 1200. The number of carbonyl (C=O) groups excluding carboxylic acids is 1. The summed E-state index contributed by atoms with van der Waals surface area (Å²) < 4.78 is 68.6. The molecule has 0 bridgehead atoms. The Morgan fingerprint density at radius 1 is 1.15 bits per heavy atom. The number of hydrogen-bond acceptors (Lipinski definition) is 7. The molecule has 0 aliphatic carbocycles. The molecule has 3 aromatic rings. The molecule has 1 aromatic carbocycles. The summed E-state index contributed by atoms with van der Waals surface area (Å²) in [5.41, 5.74) is 0.980. The number of nitrogens with zero attached hydrogens (tertiary/aromatic N) is 4. The monoisotopic (exact) mass is 464 g/mol. The first kappa shape index (κ1) is 21.3. The highest BCUT2D eigenvalue weighted by atomic mass is 19.3. The zero-order valence-electron chi connectivity index (χ0n) is 16.9. The minimum absolute atomic E-state index is 0.140. The molecule has 33 heavy (non-hydrogen) atoms. The van der Waals surface area contributed by atoms with Crippen LogP contribution in [0.3, 0.4) is 0 Å². The first-order valence-electron chi connectivity index (χ1n) is 10.0. The summed E-state index contributed by atoms with van der Waals surface area (Å²) in [5.74, 6) is -3.24. The third-order valence-corrected chi connectivity index (χ3v) is 5.50. The predicted molar refractivity (Wildman–Crippen MR) is 102 cm³/mol. The van der Waals surface area contributed by atoms with Gasteiger partial charge < -0.3 is 18.8 Å². The van der Waals surface area contributed by atoms with E-state index in [4.69, 9.17) is 13.9 Å². The van der Waals surface area contributed by atoms with Gasteiger partial charge in [-0.3, -0.25) is 9.78 Å². The van der Waals surface area contributed by atoms with Gasteiger partial charge in [-0.25, -0.2) is 8.78 Å². The molecule has 0 radical (unpaired) electrons. The number of alkyl halides is 2. The third-order valence-electron chi connectivity index (χ3n) is 5.50. The van der Waals surface area contributed by atoms with E-state index in [2.05, 4.69) is 15.2 Å². The largest absolute Gasteiger partial charge is 0.488 e. The van der Waals surface area contributed by atoms with Crippen molar-refractivity contribution in [3.05, 3.63) is 59.2 Å². The van der Waals surface area contributed by atoms with Gasteiger partial charge in [-0.05, 0) is 18.2 Å². The normalized spacial score (nSPS) is 20.4. The summed E-state index contributed by atoms with van der Waals surface area (Å²) in [6.45, 7) is 0.737. The Morgan fingerprint density at radius 3 is 2.76 bits per heavy atom. The van der Waals surface area contributed by atoms with Crippen LogP contribution >= 0.6 is 0 Å². The molecule has 1 amide bonds. The van der Waals surface area contributed by atoms with Crippen molar-refractivity contribution < 1.29 is 36.2 Å². The van der Waals surface area contributed by atoms with Crippen molar-refractivity contribution in [2.45, 2.75) is 31.5 Å². The number of benzene rings is 1. The molecule has 12 heteroatoms. The summed E-state index contributed by atoms with van der Waals surface area (Å²) in [5, 5.41) is 6.86. The Kier molecular flexibility index (Phi) is 5.44. The quantitative estimate of drug-likeness (QED) is 0.534. The number of carbonyl (C=O) groups is 1. The zero-order chi connectivity index (χ0) is 23.1. The molecule has 2 unspecified atom stereocenters. The maximum Gasteiger partial charge on any atom is 0.314 e. The molecule has 4 heterocycles. The Morgan fingerprint density at radius 2 is 2.00 bits per heavy atom. The van der Waals surface area contributed by atoms with Gasteiger partial charge in [0.2, 0.25) is 5.89 Å². The SMILES string of the molecule is O=C1c2cc(-c3nnc(C(F)F)o3)cnc2CN1C1COCCC1Oc1ccc(F)c(F)c1. The number of halogens is 4. The number of fused-ring (bicyclic) bond motifs is 1. The highest BCUT2D eigenvalue weighted by Gasteiger charge is 2.40. The number of ether oxygens (including phenoxy) is 2. The minimum atomic E-state index is -2.91. The van der Waals surface area contributed by atoms with Gasteiger partial charge in [-0.1, -0.05) is 0 Å². The molecule has 2 atom stereocenters. The summed E-state index contributed by atoms with van der Waals surface area (Å²) in [6, 6.07) is 4.19. The molecule has 8 nitrogen and oxygen atoms in total. The fourth-order valence-electron chi connectivity index (χ4n) is 3.87. The molecule has 2 aromatic heterocycles. The Balaban J connectivity index is 1.37. The lowest BCUT2D eigenvalue weighted by molar-refractivity contribution is -0.0431. The van der Waals surface area contributed by atoms with Crippen molar-refractivity contribution in [3.8, 4) is 17.2 Å². The minimum Gasteiger partial charge on any atom is -0.488 e. The van der Waals surface area contributed by atoms with Gasteiger partial charge in [0.15, 0.2) is 11.6 Å². The molecule has 2 aliphatic rings. The second-order valence-electron chi connectivity index (χ2n) is 7.56. The zero-order valence-corrected chi connectivity index (χ0v) is 16.9. The molecule has 1 saturated heterocycles. The fraction of sp³-hybridized carbons (Fsp3) is 0.333. The van der Waals surface area contributed by atoms with Gasteiger partial charge in [0, 0.05) is 18.7 Å². The lowest BCUT2D eigenvalue weighted by Gasteiger charge is -2.37. The van der Waals surface area contributed by atoms with E-state index in [1.54, 1.807) is 0 Å². The molecule has 172 valence electrons. The summed E-state index contributed by atoms with van der Waals surface area (Å²) in [4.78, 5) is 19.0. The van der Waals surface area contributed by atoms with Gasteiger partial charge in [-0.15, -0.1) is 10.2 Å². The van der Waals surface area contributed by atoms with Crippen LogP contribution in [0.4, 0.5) is 17.6 Å². The molecular formula is C21H16F4N4O4. The molecule has 0 saturated carbocycles. The second-order valence-corrected chi connectivity index (χ2v) is 7.56. The van der Waals surface area contributed by atoms with E-state index in [9.17, 15) is 22.4 Å². The van der Waals surface area contributed by atoms with E-state index in [0.717, 1.165) is 12.1 Å². The summed E-state index contributed by atoms with van der Waals surface area (Å²) in [7, 11) is 0. The van der Waals surface area contributed by atoms with Crippen molar-refractivity contribution in [2.24, 2.45) is 0 Å². The Hall–Kier alpha value is -3.54. The lowest BCUT2D eigenvalue weighted by atomic mass is 10.0. The van der Waals surface area contributed by atoms with Crippen molar-refractivity contribution in [2.75, 3.05) is 13.2 Å². The summed E-state index contributed by atoms with van der Waals surface area (Å²) >= 11 is 0. The van der Waals surface area contributed by atoms with E-state index in [1.807, 2.05) is 0 Å². The fourth-order valence-corrected chi connectivity index (χ4v) is 3.87. The lowest BCUT2D eigenvalue weighted by Crippen LogP contribution is -2.52. The average Bonchev–Trinajstić information content (AvgIpc) is 3.42. The van der Waals surface area contributed by atoms with E-state index >= 15 is 0 Å². The van der Waals surface area contributed by atoms with E-state index in [-0.39, 0.29) is 41.8 Å². The van der Waals surface area contributed by atoms with Crippen LogP contribution in [0.25, 0.3) is 11.5 Å². The first-order chi connectivity index (χ1) is 15.9. The topological polar surface area (TPSA) is 90.6 Å². The maximum atomic E-state index is 13.6. The smallest absolute Gasteiger partial charge is 0.314 e. The van der Waals surface area contributed by atoms with Gasteiger partial charge >= 0.3 is 6.43 Å². The number of rotatable bonds is 5.